The van der Waals surface area contributed by atoms with Gasteiger partial charge in [-0.25, -0.2) is 14.0 Å². The smallest absolute Gasteiger partial charge is 0.341 e. The van der Waals surface area contributed by atoms with Crippen molar-refractivity contribution < 1.29 is 28.2 Å². The van der Waals surface area contributed by atoms with Gasteiger partial charge in [0.05, 0.1) is 12.7 Å². The van der Waals surface area contributed by atoms with Crippen LogP contribution in [0, 0.1) is 5.82 Å². The Bertz CT molecular complexity index is 828. The van der Waals surface area contributed by atoms with Crippen molar-refractivity contribution in [3.05, 3.63) is 70.5 Å². The lowest BCUT2D eigenvalue weighted by Crippen LogP contribution is -2.44. The van der Waals surface area contributed by atoms with Crippen LogP contribution in [0.2, 0.25) is 5.02 Å². The van der Waals surface area contributed by atoms with E-state index in [1.54, 1.807) is 24.3 Å². The predicted molar refractivity (Wildman–Crippen MR) is 95.8 cm³/mol. The van der Waals surface area contributed by atoms with E-state index in [0.29, 0.717) is 0 Å². The SMILES string of the molecule is COC(=O)[C@H](Cc1ccccc1)NC(=O)COC(=O)c1ccc(Cl)cc1F. The van der Waals surface area contributed by atoms with Crippen LogP contribution in [0.25, 0.3) is 0 Å². The number of rotatable bonds is 7. The zero-order valence-electron chi connectivity index (χ0n) is 14.4. The minimum atomic E-state index is -1.02. The number of nitrogens with one attached hydrogen (secondary N) is 1. The summed E-state index contributed by atoms with van der Waals surface area (Å²) in [6.45, 7) is -0.677. The van der Waals surface area contributed by atoms with Crippen molar-refractivity contribution in [1.29, 1.82) is 0 Å². The van der Waals surface area contributed by atoms with Crippen molar-refractivity contribution in [2.45, 2.75) is 12.5 Å². The van der Waals surface area contributed by atoms with E-state index in [1.807, 2.05) is 6.07 Å². The summed E-state index contributed by atoms with van der Waals surface area (Å²) >= 11 is 5.62. The summed E-state index contributed by atoms with van der Waals surface area (Å²) in [4.78, 5) is 35.8. The molecule has 0 bridgehead atoms. The van der Waals surface area contributed by atoms with Crippen LogP contribution < -0.4 is 5.32 Å². The van der Waals surface area contributed by atoms with Gasteiger partial charge in [-0.1, -0.05) is 41.9 Å². The quantitative estimate of drug-likeness (QED) is 0.731. The first kappa shape index (κ1) is 20.4. The molecule has 6 nitrogen and oxygen atoms in total. The summed E-state index contributed by atoms with van der Waals surface area (Å²) in [7, 11) is 1.20. The Kier molecular flexibility index (Phi) is 7.31. The second-order valence-corrected chi connectivity index (χ2v) is 5.97. The van der Waals surface area contributed by atoms with E-state index in [4.69, 9.17) is 16.3 Å². The Morgan fingerprint density at radius 1 is 1.15 bits per heavy atom. The third kappa shape index (κ3) is 6.07. The summed E-state index contributed by atoms with van der Waals surface area (Å²) in [6.07, 6.45) is 0.207. The Hall–Kier alpha value is -2.93. The molecular formula is C19H17ClFNO5. The summed E-state index contributed by atoms with van der Waals surface area (Å²) in [5.74, 6) is -3.23. The standard InChI is InChI=1S/C19H17ClFNO5/c1-26-19(25)16(9-12-5-3-2-4-6-12)22-17(23)11-27-18(24)14-8-7-13(20)10-15(14)21/h2-8,10,16H,9,11H2,1H3,(H,22,23)/t16-/m0/s1. The lowest BCUT2D eigenvalue weighted by atomic mass is 10.1. The molecule has 1 atom stereocenters. The molecule has 0 saturated carbocycles. The maximum Gasteiger partial charge on any atom is 0.341 e. The minimum absolute atomic E-state index is 0.128. The number of carbonyl (C=O) groups is 3. The number of methoxy groups -OCH3 is 1. The molecule has 0 aliphatic carbocycles. The van der Waals surface area contributed by atoms with Crippen LogP contribution in [-0.4, -0.2) is 37.6 Å². The number of halogens is 2. The molecule has 1 N–H and O–H groups in total. The normalized spacial score (nSPS) is 11.4. The monoisotopic (exact) mass is 393 g/mol. The lowest BCUT2D eigenvalue weighted by molar-refractivity contribution is -0.145. The van der Waals surface area contributed by atoms with Crippen LogP contribution >= 0.6 is 11.6 Å². The van der Waals surface area contributed by atoms with E-state index >= 15 is 0 Å². The maximum atomic E-state index is 13.7. The van der Waals surface area contributed by atoms with Crippen LogP contribution in [0.4, 0.5) is 4.39 Å². The molecule has 27 heavy (non-hydrogen) atoms. The molecule has 0 heterocycles. The van der Waals surface area contributed by atoms with E-state index in [0.717, 1.165) is 17.7 Å². The van der Waals surface area contributed by atoms with E-state index in [9.17, 15) is 18.8 Å². The van der Waals surface area contributed by atoms with Crippen molar-refractivity contribution >= 4 is 29.4 Å². The highest BCUT2D eigenvalue weighted by atomic mass is 35.5. The molecule has 8 heteroatoms. The molecule has 0 radical (unpaired) electrons. The number of amides is 1. The Balaban J connectivity index is 1.94. The summed E-state index contributed by atoms with van der Waals surface area (Å²) in [5, 5.41) is 2.57. The van der Waals surface area contributed by atoms with Gasteiger partial charge in [0.15, 0.2) is 6.61 Å². The lowest BCUT2D eigenvalue weighted by Gasteiger charge is -2.16. The topological polar surface area (TPSA) is 81.7 Å². The Labute approximate surface area is 160 Å². The third-order valence-corrected chi connectivity index (χ3v) is 3.82. The molecule has 0 saturated heterocycles. The molecule has 0 unspecified atom stereocenters. The predicted octanol–water partition coefficient (Wildman–Crippen LogP) is 2.54. The van der Waals surface area contributed by atoms with Gasteiger partial charge in [-0.15, -0.1) is 0 Å². The van der Waals surface area contributed by atoms with Crippen molar-refractivity contribution in [1.82, 2.24) is 5.32 Å². The highest BCUT2D eigenvalue weighted by Gasteiger charge is 2.23. The first-order chi connectivity index (χ1) is 12.9. The van der Waals surface area contributed by atoms with Gasteiger partial charge in [0.1, 0.15) is 11.9 Å². The first-order valence-electron chi connectivity index (χ1n) is 7.94. The Morgan fingerprint density at radius 3 is 2.48 bits per heavy atom. The zero-order valence-corrected chi connectivity index (χ0v) is 15.2. The van der Waals surface area contributed by atoms with E-state index in [1.165, 1.54) is 13.2 Å². The molecule has 0 aliphatic rings. The Morgan fingerprint density at radius 2 is 1.85 bits per heavy atom. The largest absolute Gasteiger partial charge is 0.467 e. The van der Waals surface area contributed by atoms with Gasteiger partial charge >= 0.3 is 11.9 Å². The molecule has 2 aromatic rings. The average molecular weight is 394 g/mol. The van der Waals surface area contributed by atoms with Gasteiger partial charge in [-0.05, 0) is 23.8 Å². The van der Waals surface area contributed by atoms with Crippen LogP contribution in [0.15, 0.2) is 48.5 Å². The van der Waals surface area contributed by atoms with E-state index < -0.39 is 36.3 Å². The van der Waals surface area contributed by atoms with Crippen LogP contribution in [-0.2, 0) is 25.5 Å². The van der Waals surface area contributed by atoms with Crippen molar-refractivity contribution in [2.24, 2.45) is 0 Å². The number of benzene rings is 2. The molecule has 142 valence electrons. The maximum absolute atomic E-state index is 13.7. The van der Waals surface area contributed by atoms with Gasteiger partial charge in [-0.2, -0.15) is 0 Å². The van der Waals surface area contributed by atoms with Crippen molar-refractivity contribution in [3.63, 3.8) is 0 Å². The fourth-order valence-electron chi connectivity index (χ4n) is 2.29. The molecule has 0 aliphatic heterocycles. The highest BCUT2D eigenvalue weighted by Crippen LogP contribution is 2.15. The number of hydrogen-bond acceptors (Lipinski definition) is 5. The van der Waals surface area contributed by atoms with Gasteiger partial charge in [0.2, 0.25) is 0 Å². The number of carbonyl (C=O) groups excluding carboxylic acids is 3. The van der Waals surface area contributed by atoms with Crippen LogP contribution in [0.1, 0.15) is 15.9 Å². The highest BCUT2D eigenvalue weighted by molar-refractivity contribution is 6.30. The van der Waals surface area contributed by atoms with Crippen molar-refractivity contribution in [3.8, 4) is 0 Å². The van der Waals surface area contributed by atoms with Crippen LogP contribution in [0.3, 0.4) is 0 Å². The van der Waals surface area contributed by atoms with E-state index in [2.05, 4.69) is 10.1 Å². The minimum Gasteiger partial charge on any atom is -0.467 e. The zero-order chi connectivity index (χ0) is 19.8. The number of ether oxygens (including phenoxy) is 2. The average Bonchev–Trinajstić information content (AvgIpc) is 2.65. The molecule has 0 fully saturated rings. The third-order valence-electron chi connectivity index (χ3n) is 3.59. The molecule has 1 amide bonds. The van der Waals surface area contributed by atoms with Gasteiger partial charge in [0.25, 0.3) is 5.91 Å². The van der Waals surface area contributed by atoms with E-state index in [-0.39, 0.29) is 17.0 Å². The molecular weight excluding hydrogens is 377 g/mol. The molecule has 0 aromatic heterocycles. The molecule has 2 rings (SSSR count). The number of hydrogen-bond donors (Lipinski definition) is 1. The summed E-state index contributed by atoms with van der Waals surface area (Å²) in [6, 6.07) is 11.5. The van der Waals surface area contributed by atoms with Gasteiger partial charge < -0.3 is 14.8 Å². The van der Waals surface area contributed by atoms with Gasteiger partial charge in [-0.3, -0.25) is 4.79 Å². The summed E-state index contributed by atoms with van der Waals surface area (Å²) < 4.78 is 23.2. The fourth-order valence-corrected chi connectivity index (χ4v) is 2.44. The molecule has 0 spiro atoms. The van der Waals surface area contributed by atoms with Crippen LogP contribution in [0.5, 0.6) is 0 Å². The van der Waals surface area contributed by atoms with Crippen molar-refractivity contribution in [2.75, 3.05) is 13.7 Å². The number of esters is 2. The second-order valence-electron chi connectivity index (χ2n) is 5.53. The first-order valence-corrected chi connectivity index (χ1v) is 8.31. The molecule has 2 aromatic carbocycles. The second kappa shape index (κ2) is 9.68. The summed E-state index contributed by atoms with van der Waals surface area (Å²) in [5.41, 5.74) is 0.467. The van der Waals surface area contributed by atoms with Gasteiger partial charge in [0, 0.05) is 11.4 Å². The fraction of sp³-hybridized carbons (Fsp3) is 0.211.